The van der Waals surface area contributed by atoms with Gasteiger partial charge in [-0.05, 0) is 18.1 Å². The van der Waals surface area contributed by atoms with Gasteiger partial charge < -0.3 is 11.1 Å². The normalized spacial score (nSPS) is 12.4. The van der Waals surface area contributed by atoms with Gasteiger partial charge in [0.25, 0.3) is 0 Å². The smallest absolute Gasteiger partial charge is 0.241 e. The predicted molar refractivity (Wildman–Crippen MR) is 72.8 cm³/mol. The second-order valence-corrected chi connectivity index (χ2v) is 4.63. The number of pyridine rings is 1. The van der Waals surface area contributed by atoms with Crippen LogP contribution in [0.5, 0.6) is 0 Å². The summed E-state index contributed by atoms with van der Waals surface area (Å²) < 4.78 is 1.78. The lowest BCUT2D eigenvalue weighted by Crippen LogP contribution is -2.39. The van der Waals surface area contributed by atoms with E-state index in [0.717, 1.165) is 5.82 Å². The second kappa shape index (κ2) is 5.62. The molecule has 0 aliphatic carbocycles. The van der Waals surface area contributed by atoms with Crippen molar-refractivity contribution >= 4 is 11.6 Å². The van der Waals surface area contributed by atoms with E-state index in [9.17, 15) is 4.79 Å². The molecule has 0 aliphatic rings. The van der Waals surface area contributed by atoms with E-state index in [4.69, 9.17) is 5.73 Å². The molecule has 2 aromatic heterocycles. The number of hydrogen-bond donors (Lipinski definition) is 2. The molecular weight excluding hydrogens is 242 g/mol. The number of carbonyl (C=O) groups is 1. The van der Waals surface area contributed by atoms with Crippen LogP contribution < -0.4 is 11.1 Å². The molecule has 2 rings (SSSR count). The lowest BCUT2D eigenvalue weighted by Gasteiger charge is -2.15. The first-order chi connectivity index (χ1) is 9.08. The highest BCUT2D eigenvalue weighted by Crippen LogP contribution is 2.10. The minimum atomic E-state index is -0.520. The molecule has 1 unspecified atom stereocenters. The monoisotopic (exact) mass is 259 g/mol. The van der Waals surface area contributed by atoms with E-state index in [1.165, 1.54) is 0 Å². The Morgan fingerprint density at radius 1 is 1.42 bits per heavy atom. The largest absolute Gasteiger partial charge is 0.323 e. The molecular formula is C13H17N5O. The van der Waals surface area contributed by atoms with E-state index in [1.807, 2.05) is 13.8 Å². The third-order valence-corrected chi connectivity index (χ3v) is 2.81. The molecule has 0 fully saturated rings. The van der Waals surface area contributed by atoms with Gasteiger partial charge in [0.05, 0.1) is 17.9 Å². The average Bonchev–Trinajstić information content (AvgIpc) is 2.92. The van der Waals surface area contributed by atoms with Crippen LogP contribution in [0.1, 0.15) is 13.8 Å². The Hall–Kier alpha value is -2.21. The fraction of sp³-hybridized carbons (Fsp3) is 0.308. The summed E-state index contributed by atoms with van der Waals surface area (Å²) in [4.78, 5) is 20.0. The number of rotatable bonds is 4. The highest BCUT2D eigenvalue weighted by atomic mass is 16.2. The van der Waals surface area contributed by atoms with Crippen LogP contribution in [-0.2, 0) is 4.79 Å². The molecule has 19 heavy (non-hydrogen) atoms. The van der Waals surface area contributed by atoms with Gasteiger partial charge in [0.2, 0.25) is 5.91 Å². The van der Waals surface area contributed by atoms with Crippen LogP contribution in [0.3, 0.4) is 0 Å². The molecule has 100 valence electrons. The van der Waals surface area contributed by atoms with Crippen LogP contribution in [0.25, 0.3) is 5.82 Å². The lowest BCUT2D eigenvalue weighted by atomic mass is 10.1. The molecule has 2 heterocycles. The van der Waals surface area contributed by atoms with Crippen molar-refractivity contribution in [1.29, 1.82) is 0 Å². The first-order valence-corrected chi connectivity index (χ1v) is 6.09. The number of nitrogens with one attached hydrogen (secondary N) is 1. The third-order valence-electron chi connectivity index (χ3n) is 2.81. The number of anilines is 1. The third kappa shape index (κ3) is 3.17. The highest BCUT2D eigenvalue weighted by molar-refractivity contribution is 5.94. The van der Waals surface area contributed by atoms with E-state index in [1.54, 1.807) is 41.6 Å². The molecule has 6 nitrogen and oxygen atoms in total. The lowest BCUT2D eigenvalue weighted by molar-refractivity contribution is -0.118. The first-order valence-electron chi connectivity index (χ1n) is 6.09. The number of aromatic nitrogens is 3. The molecule has 2 aromatic rings. The Labute approximate surface area is 111 Å². The van der Waals surface area contributed by atoms with Gasteiger partial charge in [-0.15, -0.1) is 0 Å². The van der Waals surface area contributed by atoms with Crippen molar-refractivity contribution in [2.45, 2.75) is 19.9 Å². The fourth-order valence-corrected chi connectivity index (χ4v) is 1.54. The number of nitrogens with zero attached hydrogens (tertiary/aromatic N) is 3. The number of nitrogens with two attached hydrogens (primary N) is 1. The number of hydrogen-bond acceptors (Lipinski definition) is 4. The fourth-order valence-electron chi connectivity index (χ4n) is 1.54. The summed E-state index contributed by atoms with van der Waals surface area (Å²) in [6.45, 7) is 3.81. The van der Waals surface area contributed by atoms with E-state index in [-0.39, 0.29) is 11.8 Å². The Bertz CT molecular complexity index is 533. The quantitative estimate of drug-likeness (QED) is 0.863. The Balaban J connectivity index is 2.05. The first kappa shape index (κ1) is 13.2. The van der Waals surface area contributed by atoms with Crippen molar-refractivity contribution in [3.63, 3.8) is 0 Å². The van der Waals surface area contributed by atoms with Crippen LogP contribution in [0, 0.1) is 5.92 Å². The predicted octanol–water partition coefficient (Wildman–Crippen LogP) is 1.19. The van der Waals surface area contributed by atoms with Crippen LogP contribution in [0.4, 0.5) is 5.69 Å². The summed E-state index contributed by atoms with van der Waals surface area (Å²) in [5.74, 6) is 0.633. The minimum absolute atomic E-state index is 0.0955. The van der Waals surface area contributed by atoms with Crippen molar-refractivity contribution < 1.29 is 4.79 Å². The van der Waals surface area contributed by atoms with Gasteiger partial charge in [-0.3, -0.25) is 9.36 Å². The topological polar surface area (TPSA) is 85.8 Å². The maximum atomic E-state index is 11.8. The maximum absolute atomic E-state index is 11.8. The number of carbonyl (C=O) groups excluding carboxylic acids is 1. The van der Waals surface area contributed by atoms with Gasteiger partial charge in [0.15, 0.2) is 0 Å². The average molecular weight is 259 g/mol. The van der Waals surface area contributed by atoms with Crippen molar-refractivity contribution in [1.82, 2.24) is 14.5 Å². The molecule has 0 saturated carbocycles. The molecule has 1 amide bonds. The molecule has 0 radical (unpaired) electrons. The van der Waals surface area contributed by atoms with Gasteiger partial charge in [0, 0.05) is 12.4 Å². The summed E-state index contributed by atoms with van der Waals surface area (Å²) in [6.07, 6.45) is 6.74. The number of imidazole rings is 1. The van der Waals surface area contributed by atoms with Crippen molar-refractivity contribution in [3.05, 3.63) is 37.1 Å². The second-order valence-electron chi connectivity index (χ2n) is 4.63. The van der Waals surface area contributed by atoms with Crippen molar-refractivity contribution in [3.8, 4) is 5.82 Å². The maximum Gasteiger partial charge on any atom is 0.241 e. The molecule has 0 aliphatic heterocycles. The Morgan fingerprint density at radius 2 is 2.21 bits per heavy atom. The van der Waals surface area contributed by atoms with Gasteiger partial charge in [-0.2, -0.15) is 0 Å². The summed E-state index contributed by atoms with van der Waals surface area (Å²) in [5, 5.41) is 2.74. The van der Waals surface area contributed by atoms with E-state index >= 15 is 0 Å². The van der Waals surface area contributed by atoms with E-state index in [0.29, 0.717) is 5.69 Å². The summed E-state index contributed by atoms with van der Waals surface area (Å²) in [6, 6.07) is 3.07. The van der Waals surface area contributed by atoms with Crippen LogP contribution in [0.2, 0.25) is 0 Å². The van der Waals surface area contributed by atoms with E-state index in [2.05, 4.69) is 15.3 Å². The summed E-state index contributed by atoms with van der Waals surface area (Å²) >= 11 is 0. The van der Waals surface area contributed by atoms with Crippen LogP contribution >= 0.6 is 0 Å². The van der Waals surface area contributed by atoms with Crippen LogP contribution in [0.15, 0.2) is 37.1 Å². The van der Waals surface area contributed by atoms with Crippen LogP contribution in [-0.4, -0.2) is 26.5 Å². The Kier molecular flexibility index (Phi) is 3.91. The standard InChI is InChI=1S/C13H17N5O/c1-9(2)12(14)13(19)17-10-3-4-11(16-7-10)18-6-5-15-8-18/h3-9,12H,14H2,1-2H3,(H,17,19). The molecule has 0 saturated heterocycles. The van der Waals surface area contributed by atoms with Gasteiger partial charge in [0.1, 0.15) is 12.1 Å². The SMILES string of the molecule is CC(C)C(N)C(=O)Nc1ccc(-n2ccnc2)nc1. The van der Waals surface area contributed by atoms with Crippen molar-refractivity contribution in [2.24, 2.45) is 11.7 Å². The summed E-state index contributed by atoms with van der Waals surface area (Å²) in [5.41, 5.74) is 6.40. The zero-order chi connectivity index (χ0) is 13.8. The summed E-state index contributed by atoms with van der Waals surface area (Å²) in [7, 11) is 0. The van der Waals surface area contributed by atoms with Gasteiger partial charge in [-0.25, -0.2) is 9.97 Å². The molecule has 1 atom stereocenters. The zero-order valence-corrected chi connectivity index (χ0v) is 10.9. The Morgan fingerprint density at radius 3 is 2.74 bits per heavy atom. The van der Waals surface area contributed by atoms with Gasteiger partial charge >= 0.3 is 0 Å². The minimum Gasteiger partial charge on any atom is -0.323 e. The molecule has 0 aromatic carbocycles. The molecule has 6 heteroatoms. The zero-order valence-electron chi connectivity index (χ0n) is 10.9. The van der Waals surface area contributed by atoms with Gasteiger partial charge in [-0.1, -0.05) is 13.8 Å². The molecule has 0 bridgehead atoms. The number of amides is 1. The van der Waals surface area contributed by atoms with Crippen molar-refractivity contribution in [2.75, 3.05) is 5.32 Å². The molecule has 3 N–H and O–H groups in total. The van der Waals surface area contributed by atoms with E-state index < -0.39 is 6.04 Å². The molecule has 0 spiro atoms. The highest BCUT2D eigenvalue weighted by Gasteiger charge is 2.17.